The number of hydrogen-bond donors (Lipinski definition) is 1. The van der Waals surface area contributed by atoms with E-state index in [1.165, 1.54) is 11.3 Å². The molecule has 102 valence electrons. The van der Waals surface area contributed by atoms with E-state index >= 15 is 0 Å². The normalized spacial score (nSPS) is 11.2. The first kappa shape index (κ1) is 13.1. The molecule has 7 heteroatoms. The molecule has 0 amide bonds. The van der Waals surface area contributed by atoms with E-state index in [4.69, 9.17) is 11.6 Å². The summed E-state index contributed by atoms with van der Waals surface area (Å²) in [5.41, 5.74) is 1.96. The molecule has 3 aromatic rings. The number of fused-ring (bicyclic) bond motifs is 1. The number of halogens is 1. The number of para-hydroxylation sites is 1. The van der Waals surface area contributed by atoms with Crippen LogP contribution in [-0.2, 0) is 0 Å². The van der Waals surface area contributed by atoms with Crippen LogP contribution in [0.1, 0.15) is 21.7 Å². The number of aromatic carboxylic acids is 1. The molecule has 0 bridgehead atoms. The number of carboxylic acid groups (broad SMARTS) is 1. The third kappa shape index (κ3) is 1.88. The van der Waals surface area contributed by atoms with Gasteiger partial charge in [-0.2, -0.15) is 5.10 Å². The average Bonchev–Trinajstić information content (AvgIpc) is 2.91. The Morgan fingerprint density at radius 3 is 2.75 bits per heavy atom. The van der Waals surface area contributed by atoms with Crippen molar-refractivity contribution >= 4 is 39.1 Å². The van der Waals surface area contributed by atoms with Crippen LogP contribution in [-0.4, -0.2) is 25.8 Å². The van der Waals surface area contributed by atoms with Crippen LogP contribution in [0.4, 0.5) is 0 Å². The van der Waals surface area contributed by atoms with Crippen LogP contribution in [0.5, 0.6) is 0 Å². The Hall–Kier alpha value is -1.92. The highest BCUT2D eigenvalue weighted by Crippen LogP contribution is 2.30. The monoisotopic (exact) mass is 307 g/mol. The second kappa shape index (κ2) is 4.57. The second-order valence-electron chi connectivity index (χ2n) is 4.35. The first-order valence-corrected chi connectivity index (χ1v) is 7.03. The Kier molecular flexibility index (Phi) is 2.99. The van der Waals surface area contributed by atoms with E-state index in [0.717, 1.165) is 4.70 Å². The molecule has 0 spiro atoms. The Bertz CT molecular complexity index is 838. The number of benzene rings is 1. The van der Waals surface area contributed by atoms with Gasteiger partial charge in [-0.15, -0.1) is 0 Å². The number of rotatable bonds is 2. The van der Waals surface area contributed by atoms with Gasteiger partial charge >= 0.3 is 5.97 Å². The van der Waals surface area contributed by atoms with Gasteiger partial charge in [0.2, 0.25) is 5.13 Å². The molecule has 5 nitrogen and oxygen atoms in total. The SMILES string of the molecule is Cc1nn(-c2nc3c(Cl)cccc3s2)c(C)c1C(=O)O. The fourth-order valence-corrected chi connectivity index (χ4v) is 3.40. The molecule has 1 aromatic carbocycles. The Labute approximate surface area is 123 Å². The summed E-state index contributed by atoms with van der Waals surface area (Å²) in [6.07, 6.45) is 0. The van der Waals surface area contributed by atoms with Gasteiger partial charge in [-0.25, -0.2) is 14.5 Å². The van der Waals surface area contributed by atoms with Gasteiger partial charge in [-0.1, -0.05) is 29.0 Å². The smallest absolute Gasteiger partial charge is 0.339 e. The van der Waals surface area contributed by atoms with Gasteiger partial charge < -0.3 is 5.11 Å². The van der Waals surface area contributed by atoms with Crippen LogP contribution in [0, 0.1) is 13.8 Å². The summed E-state index contributed by atoms with van der Waals surface area (Å²) in [5.74, 6) is -0.981. The first-order valence-electron chi connectivity index (χ1n) is 5.84. The summed E-state index contributed by atoms with van der Waals surface area (Å²) in [5, 5.41) is 14.7. The van der Waals surface area contributed by atoms with E-state index in [1.807, 2.05) is 12.1 Å². The molecule has 0 aliphatic rings. The van der Waals surface area contributed by atoms with Crippen molar-refractivity contribution in [3.05, 3.63) is 40.2 Å². The molecule has 0 unspecified atom stereocenters. The molecular formula is C13H10ClN3O2S. The molecule has 0 saturated carbocycles. The lowest BCUT2D eigenvalue weighted by Gasteiger charge is -1.98. The highest BCUT2D eigenvalue weighted by Gasteiger charge is 2.20. The lowest BCUT2D eigenvalue weighted by Crippen LogP contribution is -2.02. The van der Waals surface area contributed by atoms with Crippen molar-refractivity contribution in [2.45, 2.75) is 13.8 Å². The minimum Gasteiger partial charge on any atom is -0.478 e. The van der Waals surface area contributed by atoms with Crippen molar-refractivity contribution in [2.75, 3.05) is 0 Å². The minimum atomic E-state index is -0.981. The highest BCUT2D eigenvalue weighted by atomic mass is 35.5. The third-order valence-corrected chi connectivity index (χ3v) is 4.35. The summed E-state index contributed by atoms with van der Waals surface area (Å²) < 4.78 is 2.50. The van der Waals surface area contributed by atoms with Crippen molar-refractivity contribution in [2.24, 2.45) is 0 Å². The van der Waals surface area contributed by atoms with Gasteiger partial charge in [0.1, 0.15) is 11.1 Å². The van der Waals surface area contributed by atoms with Gasteiger partial charge in [0.05, 0.1) is 21.1 Å². The highest BCUT2D eigenvalue weighted by molar-refractivity contribution is 7.20. The predicted molar refractivity (Wildman–Crippen MR) is 78.2 cm³/mol. The summed E-state index contributed by atoms with van der Waals surface area (Å²) in [4.78, 5) is 15.7. The minimum absolute atomic E-state index is 0.218. The van der Waals surface area contributed by atoms with E-state index in [-0.39, 0.29) is 5.56 Å². The standard InChI is InChI=1S/C13H10ClN3O2S/c1-6-10(12(18)19)7(2)17(16-6)13-15-11-8(14)4-3-5-9(11)20-13/h3-5H,1-2H3,(H,18,19). The van der Waals surface area contributed by atoms with Gasteiger partial charge in [-0.3, -0.25) is 0 Å². The Morgan fingerprint density at radius 1 is 1.40 bits per heavy atom. The maximum absolute atomic E-state index is 11.2. The van der Waals surface area contributed by atoms with Crippen LogP contribution in [0.2, 0.25) is 5.02 Å². The van der Waals surface area contributed by atoms with Gasteiger partial charge in [0.15, 0.2) is 0 Å². The zero-order valence-corrected chi connectivity index (χ0v) is 12.3. The summed E-state index contributed by atoms with van der Waals surface area (Å²) in [6.45, 7) is 3.39. The molecule has 0 aliphatic heterocycles. The average molecular weight is 308 g/mol. The molecule has 0 radical (unpaired) electrons. The summed E-state index contributed by atoms with van der Waals surface area (Å²) >= 11 is 7.53. The van der Waals surface area contributed by atoms with Crippen LogP contribution in [0.15, 0.2) is 18.2 Å². The number of carboxylic acids is 1. The van der Waals surface area contributed by atoms with Crippen LogP contribution < -0.4 is 0 Å². The fraction of sp³-hybridized carbons (Fsp3) is 0.154. The molecule has 0 fully saturated rings. The van der Waals surface area contributed by atoms with Crippen molar-refractivity contribution in [3.8, 4) is 5.13 Å². The van der Waals surface area contributed by atoms with Crippen molar-refractivity contribution in [1.82, 2.24) is 14.8 Å². The van der Waals surface area contributed by atoms with E-state index in [9.17, 15) is 9.90 Å². The van der Waals surface area contributed by atoms with E-state index in [0.29, 0.717) is 27.1 Å². The largest absolute Gasteiger partial charge is 0.478 e. The van der Waals surface area contributed by atoms with E-state index < -0.39 is 5.97 Å². The summed E-state index contributed by atoms with van der Waals surface area (Å²) in [6, 6.07) is 5.56. The van der Waals surface area contributed by atoms with Gasteiger partial charge in [0, 0.05) is 0 Å². The fourth-order valence-electron chi connectivity index (χ4n) is 2.13. The van der Waals surface area contributed by atoms with Crippen LogP contribution in [0.3, 0.4) is 0 Å². The number of hydrogen-bond acceptors (Lipinski definition) is 4. The molecule has 1 N–H and O–H groups in total. The second-order valence-corrected chi connectivity index (χ2v) is 5.76. The predicted octanol–water partition coefficient (Wildman–Crippen LogP) is 3.45. The molecular weight excluding hydrogens is 298 g/mol. The number of thiazole rings is 1. The Balaban J connectivity index is 2.24. The van der Waals surface area contributed by atoms with Gasteiger partial charge in [-0.05, 0) is 26.0 Å². The van der Waals surface area contributed by atoms with Crippen molar-refractivity contribution in [3.63, 3.8) is 0 Å². The molecule has 20 heavy (non-hydrogen) atoms. The van der Waals surface area contributed by atoms with Crippen molar-refractivity contribution in [1.29, 1.82) is 0 Å². The van der Waals surface area contributed by atoms with E-state index in [2.05, 4.69) is 10.1 Å². The quantitative estimate of drug-likeness (QED) is 0.787. The molecule has 0 atom stereocenters. The van der Waals surface area contributed by atoms with Crippen LogP contribution >= 0.6 is 22.9 Å². The Morgan fingerprint density at radius 2 is 2.15 bits per heavy atom. The van der Waals surface area contributed by atoms with E-state index in [1.54, 1.807) is 24.6 Å². The zero-order chi connectivity index (χ0) is 14.4. The number of carbonyl (C=O) groups is 1. The molecule has 2 aromatic heterocycles. The lowest BCUT2D eigenvalue weighted by molar-refractivity contribution is 0.0695. The topological polar surface area (TPSA) is 68.0 Å². The van der Waals surface area contributed by atoms with Crippen LogP contribution in [0.25, 0.3) is 15.3 Å². The number of aromatic nitrogens is 3. The molecule has 0 aliphatic carbocycles. The zero-order valence-electron chi connectivity index (χ0n) is 10.7. The molecule has 3 rings (SSSR count). The maximum atomic E-state index is 11.2. The third-order valence-electron chi connectivity index (χ3n) is 3.04. The van der Waals surface area contributed by atoms with Crippen molar-refractivity contribution < 1.29 is 9.90 Å². The summed E-state index contributed by atoms with van der Waals surface area (Å²) in [7, 11) is 0. The maximum Gasteiger partial charge on any atom is 0.339 e. The lowest BCUT2D eigenvalue weighted by atomic mass is 10.2. The number of nitrogens with zero attached hydrogens (tertiary/aromatic N) is 3. The first-order chi connectivity index (χ1) is 9.49. The molecule has 0 saturated heterocycles. The molecule has 2 heterocycles. The number of aryl methyl sites for hydroxylation is 1. The van der Waals surface area contributed by atoms with Gasteiger partial charge in [0.25, 0.3) is 0 Å².